The van der Waals surface area contributed by atoms with Gasteiger partial charge in [-0.3, -0.25) is 9.48 Å². The Balaban J connectivity index is 1.49. The van der Waals surface area contributed by atoms with Crippen LogP contribution in [0.2, 0.25) is 0 Å². The van der Waals surface area contributed by atoms with E-state index in [0.29, 0.717) is 22.9 Å². The fraction of sp³-hybridized carbons (Fsp3) is 0.310. The van der Waals surface area contributed by atoms with E-state index in [4.69, 9.17) is 4.74 Å². The summed E-state index contributed by atoms with van der Waals surface area (Å²) in [5.74, 6) is 1.04. The third-order valence-electron chi connectivity index (χ3n) is 6.62. The van der Waals surface area contributed by atoms with Crippen LogP contribution in [0.5, 0.6) is 5.75 Å². The van der Waals surface area contributed by atoms with Crippen molar-refractivity contribution in [2.45, 2.75) is 18.9 Å². The smallest absolute Gasteiger partial charge is 0.247 e. The summed E-state index contributed by atoms with van der Waals surface area (Å²) in [7, 11) is 8.00. The van der Waals surface area contributed by atoms with Gasteiger partial charge in [-0.05, 0) is 51.2 Å². The zero-order valence-corrected chi connectivity index (χ0v) is 22.8. The second-order valence-electron chi connectivity index (χ2n) is 10.1. The molecule has 10 heteroatoms. The average Bonchev–Trinajstić information content (AvgIpc) is 3.68. The molecule has 0 bridgehead atoms. The van der Waals surface area contributed by atoms with E-state index in [2.05, 4.69) is 48.1 Å². The monoisotopic (exact) mass is 526 g/mol. The summed E-state index contributed by atoms with van der Waals surface area (Å²) in [6.07, 6.45) is 6.88. The van der Waals surface area contributed by atoms with Crippen LogP contribution in [0.15, 0.2) is 61.6 Å². The van der Waals surface area contributed by atoms with Crippen LogP contribution >= 0.6 is 0 Å². The number of nitrogens with zero attached hydrogens (tertiary/aromatic N) is 6. The number of nitrogens with one attached hydrogen (secondary N) is 2. The maximum absolute atomic E-state index is 12.3. The molecule has 2 heterocycles. The number of anilines is 4. The van der Waals surface area contributed by atoms with Crippen molar-refractivity contribution < 1.29 is 9.53 Å². The second-order valence-corrected chi connectivity index (χ2v) is 10.1. The first-order chi connectivity index (χ1) is 18.8. The van der Waals surface area contributed by atoms with Gasteiger partial charge in [0.05, 0.1) is 40.6 Å². The molecular weight excluding hydrogens is 492 g/mol. The number of rotatable bonds is 11. The van der Waals surface area contributed by atoms with E-state index < -0.39 is 0 Å². The number of carbonyl (C=O) groups excluding carboxylic acids is 1. The summed E-state index contributed by atoms with van der Waals surface area (Å²) in [6, 6.07) is 11.9. The highest BCUT2D eigenvalue weighted by molar-refractivity contribution is 6.02. The maximum Gasteiger partial charge on any atom is 0.247 e. The summed E-state index contributed by atoms with van der Waals surface area (Å²) < 4.78 is 8.16. The molecule has 1 amide bonds. The molecule has 0 atom stereocenters. The van der Waals surface area contributed by atoms with Gasteiger partial charge in [-0.25, -0.2) is 9.97 Å². The zero-order chi connectivity index (χ0) is 27.5. The number of fused-ring (bicyclic) bond motifs is 1. The fourth-order valence-electron chi connectivity index (χ4n) is 4.24. The number of hydrogen-bond acceptors (Lipinski definition) is 8. The number of amides is 1. The van der Waals surface area contributed by atoms with E-state index in [1.807, 2.05) is 69.4 Å². The first-order valence-electron chi connectivity index (χ1n) is 13.0. The molecule has 202 valence electrons. The maximum atomic E-state index is 12.3. The van der Waals surface area contributed by atoms with Gasteiger partial charge in [-0.15, -0.1) is 0 Å². The number of benzene rings is 2. The molecule has 2 N–H and O–H groups in total. The summed E-state index contributed by atoms with van der Waals surface area (Å²) in [6.45, 7) is 5.24. The molecule has 0 aliphatic heterocycles. The molecule has 0 spiro atoms. The molecule has 39 heavy (non-hydrogen) atoms. The molecule has 1 fully saturated rings. The van der Waals surface area contributed by atoms with Crippen molar-refractivity contribution in [3.63, 3.8) is 0 Å². The van der Waals surface area contributed by atoms with E-state index in [1.54, 1.807) is 0 Å². The number of aryl methyl sites for hydroxylation is 1. The average molecular weight is 527 g/mol. The molecule has 4 aromatic rings. The molecule has 0 radical (unpaired) electrons. The Kier molecular flexibility index (Phi) is 7.47. The highest BCUT2D eigenvalue weighted by Gasteiger charge is 2.26. The zero-order valence-electron chi connectivity index (χ0n) is 22.8. The Morgan fingerprint density at radius 1 is 1.13 bits per heavy atom. The lowest BCUT2D eigenvalue weighted by atomic mass is 10.1. The standard InChI is InChI=1S/C29H34N8O2/c1-6-29(38)34-23-14-24(27(39-21-8-9-21)16-26(23)36(4)12-11-35(2)3)33-28-15-22(30-18-31-28)19-7-10-25-20(13-19)17-32-37(25)5/h6-7,10,13-18,21H,1,8-9,11-12H2,2-5H3,(H,34,38)(H,30,31,33). The Morgan fingerprint density at radius 2 is 1.95 bits per heavy atom. The largest absolute Gasteiger partial charge is 0.488 e. The number of carbonyl (C=O) groups is 1. The van der Waals surface area contributed by atoms with Crippen molar-refractivity contribution in [2.75, 3.05) is 49.8 Å². The van der Waals surface area contributed by atoms with Crippen molar-refractivity contribution in [1.82, 2.24) is 24.6 Å². The summed E-state index contributed by atoms with van der Waals surface area (Å²) >= 11 is 0. The number of likely N-dealkylation sites (N-methyl/N-ethyl adjacent to an activating group) is 2. The van der Waals surface area contributed by atoms with Gasteiger partial charge in [0.15, 0.2) is 0 Å². The van der Waals surface area contributed by atoms with Crippen molar-refractivity contribution in [2.24, 2.45) is 7.05 Å². The predicted octanol–water partition coefficient (Wildman–Crippen LogP) is 4.44. The van der Waals surface area contributed by atoms with Gasteiger partial charge in [0.25, 0.3) is 0 Å². The molecule has 1 aliphatic rings. The van der Waals surface area contributed by atoms with E-state index in [1.165, 1.54) is 12.4 Å². The van der Waals surface area contributed by atoms with Gasteiger partial charge in [0.2, 0.25) is 5.91 Å². The normalized spacial score (nSPS) is 12.9. The summed E-state index contributed by atoms with van der Waals surface area (Å²) in [5.41, 5.74) is 5.02. The molecule has 10 nitrogen and oxygen atoms in total. The van der Waals surface area contributed by atoms with Gasteiger partial charge in [0, 0.05) is 50.3 Å². The molecule has 2 aromatic heterocycles. The van der Waals surface area contributed by atoms with Crippen LogP contribution in [0.4, 0.5) is 22.9 Å². The van der Waals surface area contributed by atoms with Crippen molar-refractivity contribution >= 4 is 39.7 Å². The van der Waals surface area contributed by atoms with Crippen LogP contribution in [0.1, 0.15) is 12.8 Å². The minimum Gasteiger partial charge on any atom is -0.488 e. The highest BCUT2D eigenvalue weighted by atomic mass is 16.5. The van der Waals surface area contributed by atoms with Crippen molar-refractivity contribution in [3.05, 3.63) is 61.6 Å². The Labute approximate surface area is 228 Å². The van der Waals surface area contributed by atoms with Crippen LogP contribution in [0.3, 0.4) is 0 Å². The lowest BCUT2D eigenvalue weighted by Gasteiger charge is -2.26. The predicted molar refractivity (Wildman–Crippen MR) is 156 cm³/mol. The lowest BCUT2D eigenvalue weighted by Crippen LogP contribution is -2.29. The molecule has 1 aliphatic carbocycles. The number of hydrogen-bond donors (Lipinski definition) is 2. The van der Waals surface area contributed by atoms with Crippen molar-refractivity contribution in [1.29, 1.82) is 0 Å². The topological polar surface area (TPSA) is 100 Å². The lowest BCUT2D eigenvalue weighted by molar-refractivity contribution is -0.111. The number of aromatic nitrogens is 4. The highest BCUT2D eigenvalue weighted by Crippen LogP contribution is 2.41. The van der Waals surface area contributed by atoms with E-state index in [-0.39, 0.29) is 12.0 Å². The van der Waals surface area contributed by atoms with Crippen LogP contribution in [-0.4, -0.2) is 70.9 Å². The summed E-state index contributed by atoms with van der Waals surface area (Å²) in [5, 5.41) is 11.7. The Hall–Kier alpha value is -4.44. The van der Waals surface area contributed by atoms with E-state index in [9.17, 15) is 4.79 Å². The fourth-order valence-corrected chi connectivity index (χ4v) is 4.24. The van der Waals surface area contributed by atoms with Gasteiger partial charge in [0.1, 0.15) is 17.9 Å². The van der Waals surface area contributed by atoms with Gasteiger partial charge in [-0.1, -0.05) is 12.6 Å². The van der Waals surface area contributed by atoms with Gasteiger partial charge in [-0.2, -0.15) is 5.10 Å². The van der Waals surface area contributed by atoms with Crippen LogP contribution in [0.25, 0.3) is 22.2 Å². The minimum absolute atomic E-state index is 0.186. The molecule has 5 rings (SSSR count). The van der Waals surface area contributed by atoms with E-state index >= 15 is 0 Å². The molecule has 1 saturated carbocycles. The van der Waals surface area contributed by atoms with Crippen LogP contribution in [0, 0.1) is 0 Å². The quantitative estimate of drug-likeness (QED) is 0.277. The SMILES string of the molecule is C=CC(=O)Nc1cc(Nc2cc(-c3ccc4c(cnn4C)c3)ncn2)c(OC2CC2)cc1N(C)CCN(C)C. The molecule has 2 aromatic carbocycles. The van der Waals surface area contributed by atoms with Gasteiger partial charge < -0.3 is 25.2 Å². The molecular formula is C29H34N8O2. The minimum atomic E-state index is -0.283. The Bertz CT molecular complexity index is 1510. The van der Waals surface area contributed by atoms with Gasteiger partial charge >= 0.3 is 0 Å². The summed E-state index contributed by atoms with van der Waals surface area (Å²) in [4.78, 5) is 25.5. The first-order valence-corrected chi connectivity index (χ1v) is 13.0. The van der Waals surface area contributed by atoms with Crippen LogP contribution in [-0.2, 0) is 11.8 Å². The van der Waals surface area contributed by atoms with Crippen molar-refractivity contribution in [3.8, 4) is 17.0 Å². The third-order valence-corrected chi connectivity index (χ3v) is 6.62. The molecule has 0 saturated heterocycles. The Morgan fingerprint density at radius 3 is 2.69 bits per heavy atom. The first kappa shape index (κ1) is 26.2. The third kappa shape index (κ3) is 6.18. The molecule has 0 unspecified atom stereocenters. The number of ether oxygens (including phenoxy) is 1. The second kappa shape index (κ2) is 11.1. The van der Waals surface area contributed by atoms with E-state index in [0.717, 1.165) is 53.8 Å². The van der Waals surface area contributed by atoms with Crippen LogP contribution < -0.4 is 20.3 Å².